The van der Waals surface area contributed by atoms with Gasteiger partial charge in [0.1, 0.15) is 11.6 Å². The van der Waals surface area contributed by atoms with Crippen LogP contribution in [0.15, 0.2) is 41.1 Å². The lowest BCUT2D eigenvalue weighted by Crippen LogP contribution is -2.00. The van der Waals surface area contributed by atoms with Crippen LogP contribution in [0.5, 0.6) is 0 Å². The Balaban J connectivity index is 1.78. The van der Waals surface area contributed by atoms with Gasteiger partial charge >= 0.3 is 0 Å². The molecule has 1 aromatic carbocycles. The fraction of sp³-hybridized carbons (Fsp3) is 0.0714. The molecule has 0 amide bonds. The molecular weight excluding hydrogens is 325 g/mol. The van der Waals surface area contributed by atoms with Gasteiger partial charge in [0, 0.05) is 17.3 Å². The number of aryl methyl sites for hydroxylation is 1. The second-order valence-corrected chi connectivity index (χ2v) is 5.31. The molecule has 3 rings (SSSR count). The molecule has 2 heterocycles. The van der Waals surface area contributed by atoms with E-state index in [1.807, 2.05) is 0 Å². The van der Waals surface area contributed by atoms with Crippen LogP contribution in [-0.2, 0) is 0 Å². The van der Waals surface area contributed by atoms with Crippen molar-refractivity contribution in [2.45, 2.75) is 6.92 Å². The Morgan fingerprint density at radius 3 is 2.64 bits per heavy atom. The molecule has 0 aliphatic heterocycles. The van der Waals surface area contributed by atoms with Crippen LogP contribution in [0, 0.1) is 6.92 Å². The van der Waals surface area contributed by atoms with Crippen LogP contribution >= 0.6 is 23.2 Å². The third-order valence-electron chi connectivity index (χ3n) is 2.72. The van der Waals surface area contributed by atoms with E-state index in [1.165, 1.54) is 0 Å². The highest BCUT2D eigenvalue weighted by Gasteiger charge is 2.06. The first-order chi connectivity index (χ1) is 10.6. The average molecular weight is 336 g/mol. The van der Waals surface area contributed by atoms with E-state index in [0.717, 1.165) is 0 Å². The minimum Gasteiger partial charge on any atom is -0.360 e. The summed E-state index contributed by atoms with van der Waals surface area (Å²) in [5.74, 6) is 2.22. The summed E-state index contributed by atoms with van der Waals surface area (Å²) in [6, 6.07) is 8.66. The van der Waals surface area contributed by atoms with Gasteiger partial charge in [0.25, 0.3) is 0 Å². The predicted octanol–water partition coefficient (Wildman–Crippen LogP) is 4.57. The molecule has 0 atom stereocenters. The Hall–Kier alpha value is -2.31. The molecule has 0 radical (unpaired) electrons. The minimum absolute atomic E-state index is 0.392. The van der Waals surface area contributed by atoms with Crippen molar-refractivity contribution in [1.82, 2.24) is 15.1 Å². The van der Waals surface area contributed by atoms with E-state index in [4.69, 9.17) is 27.7 Å². The van der Waals surface area contributed by atoms with Crippen molar-refractivity contribution in [2.24, 2.45) is 0 Å². The summed E-state index contributed by atoms with van der Waals surface area (Å²) in [5, 5.41) is 11.0. The smallest absolute Gasteiger partial charge is 0.230 e. The zero-order valence-electron chi connectivity index (χ0n) is 11.5. The molecule has 112 valence electrons. The lowest BCUT2D eigenvalue weighted by molar-refractivity contribution is 0.400. The summed E-state index contributed by atoms with van der Waals surface area (Å²) < 4.78 is 4.98. The van der Waals surface area contributed by atoms with Crippen LogP contribution in [0.25, 0.3) is 0 Å². The number of rotatable bonds is 4. The van der Waals surface area contributed by atoms with Crippen LogP contribution in [0.3, 0.4) is 0 Å². The first-order valence-corrected chi connectivity index (χ1v) is 7.11. The van der Waals surface area contributed by atoms with E-state index >= 15 is 0 Å². The van der Waals surface area contributed by atoms with E-state index in [1.54, 1.807) is 43.5 Å². The largest absolute Gasteiger partial charge is 0.360 e. The normalized spacial score (nSPS) is 10.5. The summed E-state index contributed by atoms with van der Waals surface area (Å²) in [6.07, 6.45) is 1.62. The van der Waals surface area contributed by atoms with Crippen molar-refractivity contribution in [3.63, 3.8) is 0 Å². The van der Waals surface area contributed by atoms with Crippen LogP contribution in [0.1, 0.15) is 5.76 Å². The first kappa shape index (κ1) is 14.6. The number of aromatic nitrogens is 3. The maximum absolute atomic E-state index is 6.12. The monoisotopic (exact) mass is 335 g/mol. The molecule has 2 aromatic heterocycles. The molecule has 0 saturated carbocycles. The van der Waals surface area contributed by atoms with Gasteiger partial charge in [-0.1, -0.05) is 28.4 Å². The van der Waals surface area contributed by atoms with Crippen molar-refractivity contribution in [3.05, 3.63) is 52.3 Å². The third kappa shape index (κ3) is 3.47. The Morgan fingerprint density at radius 1 is 1.05 bits per heavy atom. The van der Waals surface area contributed by atoms with E-state index < -0.39 is 0 Å². The molecule has 3 aromatic rings. The van der Waals surface area contributed by atoms with Crippen LogP contribution < -0.4 is 10.6 Å². The van der Waals surface area contributed by atoms with Crippen LogP contribution in [0.2, 0.25) is 10.0 Å². The number of anilines is 4. The maximum atomic E-state index is 6.12. The summed E-state index contributed by atoms with van der Waals surface area (Å²) in [7, 11) is 0. The zero-order valence-corrected chi connectivity index (χ0v) is 13.0. The number of benzene rings is 1. The second-order valence-electron chi connectivity index (χ2n) is 4.46. The van der Waals surface area contributed by atoms with Crippen molar-refractivity contribution in [3.8, 4) is 0 Å². The SMILES string of the molecule is Cc1cc(Nc2nccc(Nc3ccc(Cl)cc3Cl)n2)no1. The van der Waals surface area contributed by atoms with Gasteiger partial charge < -0.3 is 15.2 Å². The second kappa shape index (κ2) is 6.21. The fourth-order valence-electron chi connectivity index (χ4n) is 1.76. The highest BCUT2D eigenvalue weighted by Crippen LogP contribution is 2.27. The molecule has 0 bridgehead atoms. The Morgan fingerprint density at radius 2 is 1.91 bits per heavy atom. The minimum atomic E-state index is 0.392. The fourth-order valence-corrected chi connectivity index (χ4v) is 2.21. The molecule has 8 heteroatoms. The number of halogens is 2. The van der Waals surface area contributed by atoms with Crippen molar-refractivity contribution < 1.29 is 4.52 Å². The van der Waals surface area contributed by atoms with Gasteiger partial charge in [-0.3, -0.25) is 0 Å². The Bertz CT molecular complexity index is 805. The molecular formula is C14H11Cl2N5O. The molecule has 0 unspecified atom stereocenters. The van der Waals surface area contributed by atoms with Gasteiger partial charge in [-0.2, -0.15) is 4.98 Å². The standard InChI is InChI=1S/C14H11Cl2N5O/c1-8-6-13(21-22-8)20-14-17-5-4-12(19-14)18-11-3-2-9(15)7-10(11)16/h2-7H,1H3,(H2,17,18,19,20,21). The van der Waals surface area contributed by atoms with E-state index in [9.17, 15) is 0 Å². The topological polar surface area (TPSA) is 75.9 Å². The van der Waals surface area contributed by atoms with Crippen molar-refractivity contribution in [1.29, 1.82) is 0 Å². The summed E-state index contributed by atoms with van der Waals surface area (Å²) in [6.45, 7) is 1.81. The molecule has 6 nitrogen and oxygen atoms in total. The molecule has 22 heavy (non-hydrogen) atoms. The Kier molecular flexibility index (Phi) is 4.13. The van der Waals surface area contributed by atoms with Gasteiger partial charge in [-0.15, -0.1) is 0 Å². The zero-order chi connectivity index (χ0) is 15.5. The van der Waals surface area contributed by atoms with Gasteiger partial charge in [0.2, 0.25) is 5.95 Å². The third-order valence-corrected chi connectivity index (χ3v) is 3.27. The van der Waals surface area contributed by atoms with E-state index in [-0.39, 0.29) is 0 Å². The first-order valence-electron chi connectivity index (χ1n) is 6.35. The van der Waals surface area contributed by atoms with Crippen molar-refractivity contribution >= 4 is 46.5 Å². The Labute approximate surface area is 136 Å². The predicted molar refractivity (Wildman–Crippen MR) is 86.3 cm³/mol. The summed E-state index contributed by atoms with van der Waals surface area (Å²) >= 11 is 12.0. The molecule has 2 N–H and O–H groups in total. The summed E-state index contributed by atoms with van der Waals surface area (Å²) in [5.41, 5.74) is 0.702. The van der Waals surface area contributed by atoms with Crippen LogP contribution in [-0.4, -0.2) is 15.1 Å². The van der Waals surface area contributed by atoms with Crippen molar-refractivity contribution in [2.75, 3.05) is 10.6 Å². The van der Waals surface area contributed by atoms with Crippen LogP contribution in [0.4, 0.5) is 23.3 Å². The lowest BCUT2D eigenvalue weighted by atomic mass is 10.3. The molecule has 0 spiro atoms. The lowest BCUT2D eigenvalue weighted by Gasteiger charge is -2.09. The highest BCUT2D eigenvalue weighted by molar-refractivity contribution is 6.36. The van der Waals surface area contributed by atoms with Gasteiger partial charge in [0.15, 0.2) is 5.82 Å². The van der Waals surface area contributed by atoms with Gasteiger partial charge in [0.05, 0.1) is 10.7 Å². The molecule has 0 fully saturated rings. The summed E-state index contributed by atoms with van der Waals surface area (Å²) in [4.78, 5) is 8.45. The molecule has 0 aliphatic rings. The number of nitrogens with zero attached hydrogens (tertiary/aromatic N) is 3. The maximum Gasteiger partial charge on any atom is 0.230 e. The van der Waals surface area contributed by atoms with E-state index in [2.05, 4.69) is 25.8 Å². The number of hydrogen-bond donors (Lipinski definition) is 2. The van der Waals surface area contributed by atoms with E-state index in [0.29, 0.717) is 39.1 Å². The quantitative estimate of drug-likeness (QED) is 0.727. The molecule has 0 saturated heterocycles. The number of nitrogens with one attached hydrogen (secondary N) is 2. The highest BCUT2D eigenvalue weighted by atomic mass is 35.5. The van der Waals surface area contributed by atoms with Gasteiger partial charge in [-0.25, -0.2) is 4.98 Å². The molecule has 0 aliphatic carbocycles. The van der Waals surface area contributed by atoms with Gasteiger partial charge in [-0.05, 0) is 31.2 Å². The number of hydrogen-bond acceptors (Lipinski definition) is 6. The average Bonchev–Trinajstić information content (AvgIpc) is 2.88.